The van der Waals surface area contributed by atoms with E-state index in [-0.39, 0.29) is 4.83 Å². The van der Waals surface area contributed by atoms with Gasteiger partial charge in [-0.25, -0.2) is 0 Å². The van der Waals surface area contributed by atoms with E-state index in [2.05, 4.69) is 31.9 Å². The Morgan fingerprint density at radius 1 is 1.00 bits per heavy atom. The molecule has 0 aliphatic heterocycles. The summed E-state index contributed by atoms with van der Waals surface area (Å²) >= 11 is 13.5. The fourth-order valence-corrected chi connectivity index (χ4v) is 3.80. The van der Waals surface area contributed by atoms with Crippen molar-refractivity contribution in [3.63, 3.8) is 0 Å². The van der Waals surface area contributed by atoms with Crippen molar-refractivity contribution in [1.29, 1.82) is 0 Å². The smallest absolute Gasteiger partial charge is 0.133 e. The van der Waals surface area contributed by atoms with E-state index in [1.165, 1.54) is 0 Å². The van der Waals surface area contributed by atoms with E-state index in [0.29, 0.717) is 0 Å². The number of hydrogen-bond acceptors (Lipinski definition) is 2. The van der Waals surface area contributed by atoms with Gasteiger partial charge < -0.3 is 9.47 Å². The van der Waals surface area contributed by atoms with Crippen molar-refractivity contribution >= 4 is 43.5 Å². The third-order valence-electron chi connectivity index (χ3n) is 3.21. The maximum atomic E-state index is 6.36. The van der Waals surface area contributed by atoms with E-state index in [4.69, 9.17) is 21.1 Å². The second-order valence-corrected chi connectivity index (χ2v) is 6.79. The molecule has 0 aliphatic carbocycles. The van der Waals surface area contributed by atoms with Gasteiger partial charge in [-0.3, -0.25) is 0 Å². The number of ether oxygens (including phenoxy) is 2. The van der Waals surface area contributed by atoms with Gasteiger partial charge in [-0.2, -0.15) is 0 Å². The highest BCUT2D eigenvalue weighted by atomic mass is 79.9. The molecule has 1 atom stereocenters. The standard InChI is InChI=1S/C16H15Br2ClO2/c1-9-4-5-10(13(19)6-9)16(18)11-7-15(21-3)12(17)8-14(11)20-2/h4-8,16H,1-3H3. The van der Waals surface area contributed by atoms with Gasteiger partial charge in [0.2, 0.25) is 0 Å². The van der Waals surface area contributed by atoms with Crippen LogP contribution in [0.15, 0.2) is 34.8 Å². The maximum Gasteiger partial charge on any atom is 0.133 e. The van der Waals surface area contributed by atoms with Crippen molar-refractivity contribution in [2.75, 3.05) is 14.2 Å². The van der Waals surface area contributed by atoms with Crippen molar-refractivity contribution in [3.8, 4) is 11.5 Å². The van der Waals surface area contributed by atoms with Crippen LogP contribution in [0.3, 0.4) is 0 Å². The van der Waals surface area contributed by atoms with E-state index in [0.717, 1.165) is 37.7 Å². The molecular formula is C16H15Br2ClO2. The van der Waals surface area contributed by atoms with Crippen LogP contribution in [0.25, 0.3) is 0 Å². The lowest BCUT2D eigenvalue weighted by Crippen LogP contribution is -2.00. The van der Waals surface area contributed by atoms with Crippen molar-refractivity contribution < 1.29 is 9.47 Å². The number of hydrogen-bond donors (Lipinski definition) is 0. The molecule has 0 fully saturated rings. The normalized spacial score (nSPS) is 12.1. The predicted octanol–water partition coefficient (Wildman–Crippen LogP) is 5.91. The first-order chi connectivity index (χ1) is 9.97. The Balaban J connectivity index is 2.53. The van der Waals surface area contributed by atoms with Gasteiger partial charge in [-0.05, 0) is 52.2 Å². The SMILES string of the molecule is COc1cc(C(Br)c2ccc(C)cc2Cl)c(OC)cc1Br. The molecule has 0 spiro atoms. The fraction of sp³-hybridized carbons (Fsp3) is 0.250. The minimum atomic E-state index is -0.0810. The van der Waals surface area contributed by atoms with Crippen LogP contribution < -0.4 is 9.47 Å². The van der Waals surface area contributed by atoms with Gasteiger partial charge in [-0.1, -0.05) is 39.7 Å². The molecule has 0 amide bonds. The Labute approximate surface area is 146 Å². The maximum absolute atomic E-state index is 6.36. The summed E-state index contributed by atoms with van der Waals surface area (Å²) in [6.07, 6.45) is 0. The molecule has 2 nitrogen and oxygen atoms in total. The summed E-state index contributed by atoms with van der Waals surface area (Å²) in [4.78, 5) is -0.0810. The lowest BCUT2D eigenvalue weighted by atomic mass is 10.0. The molecule has 0 saturated heterocycles. The number of methoxy groups -OCH3 is 2. The molecule has 0 saturated carbocycles. The molecule has 112 valence electrons. The molecule has 2 aromatic carbocycles. The largest absolute Gasteiger partial charge is 0.496 e. The summed E-state index contributed by atoms with van der Waals surface area (Å²) in [5.41, 5.74) is 3.08. The van der Waals surface area contributed by atoms with E-state index < -0.39 is 0 Å². The minimum Gasteiger partial charge on any atom is -0.496 e. The summed E-state index contributed by atoms with van der Waals surface area (Å²) in [5, 5.41) is 0.723. The topological polar surface area (TPSA) is 18.5 Å². The second-order valence-electron chi connectivity index (χ2n) is 4.62. The summed E-state index contributed by atoms with van der Waals surface area (Å²) in [6.45, 7) is 2.02. The Morgan fingerprint density at radius 2 is 1.67 bits per heavy atom. The van der Waals surface area contributed by atoms with Crippen LogP contribution in [-0.2, 0) is 0 Å². The monoisotopic (exact) mass is 432 g/mol. The molecule has 0 heterocycles. The Hall–Kier alpha value is -0.710. The van der Waals surface area contributed by atoms with Gasteiger partial charge in [0.1, 0.15) is 11.5 Å². The Kier molecular flexibility index (Phi) is 5.58. The second kappa shape index (κ2) is 7.03. The van der Waals surface area contributed by atoms with Crippen LogP contribution in [0.4, 0.5) is 0 Å². The highest BCUT2D eigenvalue weighted by molar-refractivity contribution is 9.10. The average Bonchev–Trinajstić information content (AvgIpc) is 2.46. The number of rotatable bonds is 4. The molecule has 2 aromatic rings. The Bertz CT molecular complexity index is 659. The van der Waals surface area contributed by atoms with Gasteiger partial charge >= 0.3 is 0 Å². The number of alkyl halides is 1. The molecular weight excluding hydrogens is 419 g/mol. The number of aryl methyl sites for hydroxylation is 1. The molecule has 0 radical (unpaired) electrons. The molecule has 5 heteroatoms. The number of halogens is 3. The van der Waals surface area contributed by atoms with Crippen LogP contribution in [0.2, 0.25) is 5.02 Å². The van der Waals surface area contributed by atoms with Crippen LogP contribution in [-0.4, -0.2) is 14.2 Å². The van der Waals surface area contributed by atoms with Crippen molar-refractivity contribution in [3.05, 3.63) is 56.5 Å². The lowest BCUT2D eigenvalue weighted by Gasteiger charge is -2.18. The van der Waals surface area contributed by atoms with Gasteiger partial charge in [-0.15, -0.1) is 0 Å². The van der Waals surface area contributed by atoms with Gasteiger partial charge in [0.15, 0.2) is 0 Å². The average molecular weight is 435 g/mol. The van der Waals surface area contributed by atoms with Gasteiger partial charge in [0.05, 0.1) is 23.5 Å². The summed E-state index contributed by atoms with van der Waals surface area (Å²) < 4.78 is 11.7. The predicted molar refractivity (Wildman–Crippen MR) is 94.2 cm³/mol. The lowest BCUT2D eigenvalue weighted by molar-refractivity contribution is 0.397. The van der Waals surface area contributed by atoms with E-state index >= 15 is 0 Å². The van der Waals surface area contributed by atoms with Crippen molar-refractivity contribution in [2.45, 2.75) is 11.8 Å². The molecule has 1 unspecified atom stereocenters. The summed E-state index contributed by atoms with van der Waals surface area (Å²) in [6, 6.07) is 9.85. The third kappa shape index (κ3) is 3.55. The highest BCUT2D eigenvalue weighted by Gasteiger charge is 2.20. The Morgan fingerprint density at radius 3 is 2.24 bits per heavy atom. The van der Waals surface area contributed by atoms with Gasteiger partial charge in [0, 0.05) is 10.6 Å². The number of benzene rings is 2. The van der Waals surface area contributed by atoms with Crippen LogP contribution in [0.1, 0.15) is 21.5 Å². The molecule has 0 aliphatic rings. The first kappa shape index (κ1) is 16.7. The minimum absolute atomic E-state index is 0.0810. The summed E-state index contributed by atoms with van der Waals surface area (Å²) in [7, 11) is 3.28. The highest BCUT2D eigenvalue weighted by Crippen LogP contribution is 2.43. The van der Waals surface area contributed by atoms with Crippen molar-refractivity contribution in [2.24, 2.45) is 0 Å². The first-order valence-corrected chi connectivity index (χ1v) is 8.38. The zero-order valence-corrected chi connectivity index (χ0v) is 15.8. The van der Waals surface area contributed by atoms with Crippen LogP contribution >= 0.6 is 43.5 Å². The van der Waals surface area contributed by atoms with Crippen molar-refractivity contribution in [1.82, 2.24) is 0 Å². The van der Waals surface area contributed by atoms with E-state index in [9.17, 15) is 0 Å². The zero-order chi connectivity index (χ0) is 15.6. The molecule has 0 N–H and O–H groups in total. The molecule has 2 rings (SSSR count). The first-order valence-electron chi connectivity index (χ1n) is 6.29. The quantitative estimate of drug-likeness (QED) is 0.557. The van der Waals surface area contributed by atoms with E-state index in [1.54, 1.807) is 14.2 Å². The zero-order valence-electron chi connectivity index (χ0n) is 11.9. The summed E-state index contributed by atoms with van der Waals surface area (Å²) in [5.74, 6) is 1.51. The molecule has 0 aromatic heterocycles. The van der Waals surface area contributed by atoms with Crippen LogP contribution in [0, 0.1) is 6.92 Å². The van der Waals surface area contributed by atoms with Gasteiger partial charge in [0.25, 0.3) is 0 Å². The molecule has 21 heavy (non-hydrogen) atoms. The third-order valence-corrected chi connectivity index (χ3v) is 5.14. The molecule has 0 bridgehead atoms. The fourth-order valence-electron chi connectivity index (χ4n) is 2.09. The van der Waals surface area contributed by atoms with Crippen LogP contribution in [0.5, 0.6) is 11.5 Å². The van der Waals surface area contributed by atoms with E-state index in [1.807, 2.05) is 37.3 Å².